The van der Waals surface area contributed by atoms with E-state index in [4.69, 9.17) is 0 Å². The topological polar surface area (TPSA) is 26.7 Å². The Morgan fingerprint density at radius 1 is 0.882 bits per heavy atom. The van der Waals surface area contributed by atoms with Gasteiger partial charge in [0.25, 0.3) is 0 Å². The summed E-state index contributed by atoms with van der Waals surface area (Å²) in [7, 11) is 0. The second kappa shape index (κ2) is 5.25. The van der Waals surface area contributed by atoms with Crippen molar-refractivity contribution in [2.75, 3.05) is 32.7 Å². The zero-order chi connectivity index (χ0) is 11.7. The van der Waals surface area contributed by atoms with Gasteiger partial charge in [0.05, 0.1) is 6.10 Å². The van der Waals surface area contributed by atoms with Gasteiger partial charge in [0.2, 0.25) is 0 Å². The average molecular weight is 238 g/mol. The number of piperazine rings is 1. The minimum Gasteiger partial charge on any atom is -0.391 e. The standard InChI is InChI=1S/C14H26N2O/c17-14-4-2-1-3-13(14)16-9-7-15(8-10-16)11-12-5-6-12/h12-14,17H,1-11H2/t13-,14-/m1/s1. The van der Waals surface area contributed by atoms with E-state index in [2.05, 4.69) is 9.80 Å². The summed E-state index contributed by atoms with van der Waals surface area (Å²) in [5.41, 5.74) is 0. The molecule has 98 valence electrons. The molecule has 0 aromatic rings. The first-order chi connectivity index (χ1) is 8.33. The number of hydrogen-bond donors (Lipinski definition) is 1. The van der Waals surface area contributed by atoms with Crippen LogP contribution in [0.1, 0.15) is 38.5 Å². The van der Waals surface area contributed by atoms with Gasteiger partial charge in [0.1, 0.15) is 0 Å². The third-order valence-corrected chi connectivity index (χ3v) is 4.78. The third kappa shape index (κ3) is 3.01. The number of rotatable bonds is 3. The number of aliphatic hydroxyl groups excluding tert-OH is 1. The fraction of sp³-hybridized carbons (Fsp3) is 1.00. The van der Waals surface area contributed by atoms with Crippen molar-refractivity contribution in [1.29, 1.82) is 0 Å². The van der Waals surface area contributed by atoms with Crippen LogP contribution < -0.4 is 0 Å². The summed E-state index contributed by atoms with van der Waals surface area (Å²) in [4.78, 5) is 5.18. The van der Waals surface area contributed by atoms with E-state index in [0.29, 0.717) is 6.04 Å². The average Bonchev–Trinajstić information content (AvgIpc) is 3.15. The molecule has 2 saturated carbocycles. The molecular formula is C14H26N2O. The van der Waals surface area contributed by atoms with Gasteiger partial charge >= 0.3 is 0 Å². The normalized spacial score (nSPS) is 37.2. The first-order valence-corrected chi connectivity index (χ1v) is 7.47. The van der Waals surface area contributed by atoms with Gasteiger partial charge in [-0.05, 0) is 31.6 Å². The number of nitrogens with zero attached hydrogens (tertiary/aromatic N) is 2. The van der Waals surface area contributed by atoms with E-state index in [-0.39, 0.29) is 6.10 Å². The summed E-state index contributed by atoms with van der Waals surface area (Å²) < 4.78 is 0. The van der Waals surface area contributed by atoms with Crippen molar-refractivity contribution in [3.8, 4) is 0 Å². The van der Waals surface area contributed by atoms with Crippen LogP contribution in [-0.2, 0) is 0 Å². The quantitative estimate of drug-likeness (QED) is 0.803. The second-order valence-corrected chi connectivity index (χ2v) is 6.20. The zero-order valence-corrected chi connectivity index (χ0v) is 10.9. The van der Waals surface area contributed by atoms with Crippen molar-refractivity contribution < 1.29 is 5.11 Å². The van der Waals surface area contributed by atoms with Gasteiger partial charge in [-0.25, -0.2) is 0 Å². The maximum Gasteiger partial charge on any atom is 0.0695 e. The molecule has 0 bridgehead atoms. The minimum atomic E-state index is -0.0567. The monoisotopic (exact) mass is 238 g/mol. The molecule has 17 heavy (non-hydrogen) atoms. The molecule has 3 aliphatic rings. The van der Waals surface area contributed by atoms with Crippen molar-refractivity contribution in [1.82, 2.24) is 9.80 Å². The maximum atomic E-state index is 10.1. The summed E-state index contributed by atoms with van der Waals surface area (Å²) in [5.74, 6) is 1.02. The minimum absolute atomic E-state index is 0.0567. The molecule has 1 heterocycles. The molecule has 3 fully saturated rings. The highest BCUT2D eigenvalue weighted by atomic mass is 16.3. The van der Waals surface area contributed by atoms with Crippen LogP contribution in [0.4, 0.5) is 0 Å². The Kier molecular flexibility index (Phi) is 3.69. The summed E-state index contributed by atoms with van der Waals surface area (Å²) in [6.07, 6.45) is 7.63. The van der Waals surface area contributed by atoms with Crippen LogP contribution in [0.5, 0.6) is 0 Å². The molecule has 0 spiro atoms. The number of hydrogen-bond acceptors (Lipinski definition) is 3. The molecule has 3 heteroatoms. The van der Waals surface area contributed by atoms with Gasteiger partial charge in [0.15, 0.2) is 0 Å². The molecule has 0 amide bonds. The Morgan fingerprint density at radius 3 is 2.24 bits per heavy atom. The predicted octanol–water partition coefficient (Wildman–Crippen LogP) is 1.32. The molecule has 2 aliphatic carbocycles. The van der Waals surface area contributed by atoms with Crippen molar-refractivity contribution in [2.24, 2.45) is 5.92 Å². The van der Waals surface area contributed by atoms with Crippen molar-refractivity contribution in [3.05, 3.63) is 0 Å². The summed E-state index contributed by atoms with van der Waals surface area (Å²) in [5, 5.41) is 10.1. The summed E-state index contributed by atoms with van der Waals surface area (Å²) >= 11 is 0. The van der Waals surface area contributed by atoms with Crippen LogP contribution in [0.2, 0.25) is 0 Å². The number of aliphatic hydroxyl groups is 1. The van der Waals surface area contributed by atoms with Gasteiger partial charge in [-0.2, -0.15) is 0 Å². The van der Waals surface area contributed by atoms with Crippen molar-refractivity contribution >= 4 is 0 Å². The van der Waals surface area contributed by atoms with Gasteiger partial charge in [-0.15, -0.1) is 0 Å². The Morgan fingerprint density at radius 2 is 1.59 bits per heavy atom. The largest absolute Gasteiger partial charge is 0.391 e. The van der Waals surface area contributed by atoms with Crippen molar-refractivity contribution in [3.63, 3.8) is 0 Å². The van der Waals surface area contributed by atoms with E-state index in [9.17, 15) is 5.11 Å². The van der Waals surface area contributed by atoms with E-state index in [1.807, 2.05) is 0 Å². The lowest BCUT2D eigenvalue weighted by Gasteiger charge is -2.42. The van der Waals surface area contributed by atoms with Crippen LogP contribution in [0.15, 0.2) is 0 Å². The SMILES string of the molecule is O[C@@H]1CCCC[C@H]1N1CCN(CC2CC2)CC1. The van der Waals surface area contributed by atoms with Crippen LogP contribution in [0, 0.1) is 5.92 Å². The van der Waals surface area contributed by atoms with E-state index in [0.717, 1.165) is 12.3 Å². The summed E-state index contributed by atoms with van der Waals surface area (Å²) in [6.45, 7) is 6.13. The molecule has 0 radical (unpaired) electrons. The third-order valence-electron chi connectivity index (χ3n) is 4.78. The lowest BCUT2D eigenvalue weighted by molar-refractivity contribution is -0.00409. The van der Waals surface area contributed by atoms with Gasteiger partial charge < -0.3 is 10.0 Å². The predicted molar refractivity (Wildman–Crippen MR) is 69.0 cm³/mol. The van der Waals surface area contributed by atoms with E-state index >= 15 is 0 Å². The molecule has 1 saturated heterocycles. The lowest BCUT2D eigenvalue weighted by atomic mass is 9.91. The molecule has 0 aromatic carbocycles. The highest BCUT2D eigenvalue weighted by Crippen LogP contribution is 2.30. The van der Waals surface area contributed by atoms with E-state index < -0.39 is 0 Å². The first-order valence-electron chi connectivity index (χ1n) is 7.47. The fourth-order valence-corrected chi connectivity index (χ4v) is 3.46. The van der Waals surface area contributed by atoms with Gasteiger partial charge in [0, 0.05) is 38.8 Å². The lowest BCUT2D eigenvalue weighted by Crippen LogP contribution is -2.54. The Balaban J connectivity index is 1.46. The zero-order valence-electron chi connectivity index (χ0n) is 10.9. The van der Waals surface area contributed by atoms with Crippen LogP contribution in [0.25, 0.3) is 0 Å². The fourth-order valence-electron chi connectivity index (χ4n) is 3.46. The van der Waals surface area contributed by atoms with E-state index in [1.165, 1.54) is 64.8 Å². The maximum absolute atomic E-state index is 10.1. The van der Waals surface area contributed by atoms with Gasteiger partial charge in [-0.1, -0.05) is 12.8 Å². The molecule has 2 atom stereocenters. The highest BCUT2D eigenvalue weighted by Gasteiger charge is 2.32. The van der Waals surface area contributed by atoms with E-state index in [1.54, 1.807) is 0 Å². The molecule has 1 aliphatic heterocycles. The Labute approximate surface area is 105 Å². The Bertz CT molecular complexity index is 247. The van der Waals surface area contributed by atoms with Crippen molar-refractivity contribution in [2.45, 2.75) is 50.7 Å². The van der Waals surface area contributed by atoms with Crippen LogP contribution >= 0.6 is 0 Å². The molecule has 1 N–H and O–H groups in total. The molecule has 3 nitrogen and oxygen atoms in total. The highest BCUT2D eigenvalue weighted by molar-refractivity contribution is 4.87. The summed E-state index contributed by atoms with van der Waals surface area (Å²) in [6, 6.07) is 0.465. The second-order valence-electron chi connectivity index (χ2n) is 6.20. The first kappa shape index (κ1) is 11.9. The van der Waals surface area contributed by atoms with Crippen LogP contribution in [0.3, 0.4) is 0 Å². The molecule has 3 rings (SSSR count). The molecular weight excluding hydrogens is 212 g/mol. The molecule has 0 unspecified atom stereocenters. The van der Waals surface area contributed by atoms with Crippen LogP contribution in [-0.4, -0.2) is 59.8 Å². The molecule has 0 aromatic heterocycles. The smallest absolute Gasteiger partial charge is 0.0695 e. The Hall–Kier alpha value is -0.120. The van der Waals surface area contributed by atoms with Gasteiger partial charge in [-0.3, -0.25) is 4.90 Å².